The van der Waals surface area contributed by atoms with Gasteiger partial charge in [0.2, 0.25) is 0 Å². The van der Waals surface area contributed by atoms with Gasteiger partial charge >= 0.3 is 0 Å². The van der Waals surface area contributed by atoms with Gasteiger partial charge in [-0.1, -0.05) is 84.9 Å². The highest BCUT2D eigenvalue weighted by Crippen LogP contribution is 2.26. The smallest absolute Gasteiger partial charge is 0.00201 e. The van der Waals surface area contributed by atoms with Gasteiger partial charge in [0, 0.05) is 0 Å². The van der Waals surface area contributed by atoms with Crippen molar-refractivity contribution < 1.29 is 0 Å². The fraction of sp³-hybridized carbons (Fsp3) is 0.100. The van der Waals surface area contributed by atoms with E-state index in [9.17, 15) is 0 Å². The molecule has 0 saturated carbocycles. The molecule has 3 aromatic rings. The Hall–Kier alpha value is -2.34. The monoisotopic (exact) mass is 258 g/mol. The fourth-order valence-corrected chi connectivity index (χ4v) is 2.60. The Morgan fingerprint density at radius 2 is 0.600 bits per heavy atom. The maximum absolute atomic E-state index is 2.24. The lowest BCUT2D eigenvalue weighted by Crippen LogP contribution is -2.06. The molecule has 98 valence electrons. The first-order valence-corrected chi connectivity index (χ1v) is 7.07. The van der Waals surface area contributed by atoms with Crippen LogP contribution < -0.4 is 0 Å². The highest BCUT2D eigenvalue weighted by Gasteiger charge is 2.12. The molecule has 1 aliphatic carbocycles. The van der Waals surface area contributed by atoms with Crippen LogP contribution in [0.1, 0.15) is 22.3 Å². The van der Waals surface area contributed by atoms with Crippen molar-refractivity contribution in [3.63, 3.8) is 0 Å². The molecule has 0 amide bonds. The number of hydrogen-bond acceptors (Lipinski definition) is 0. The van der Waals surface area contributed by atoms with Crippen molar-refractivity contribution in [3.8, 4) is 0 Å². The number of fused-ring (bicyclic) bond motifs is 2. The van der Waals surface area contributed by atoms with Gasteiger partial charge < -0.3 is 0 Å². The summed E-state index contributed by atoms with van der Waals surface area (Å²) in [6.07, 6.45) is 2.21. The lowest BCUT2D eigenvalue weighted by Gasteiger charge is -2.18. The Labute approximate surface area is 120 Å². The fourth-order valence-electron chi connectivity index (χ4n) is 2.60. The van der Waals surface area contributed by atoms with Crippen LogP contribution in [0.3, 0.4) is 0 Å². The Morgan fingerprint density at radius 1 is 0.350 bits per heavy atom. The zero-order valence-corrected chi connectivity index (χ0v) is 11.5. The minimum atomic E-state index is 1.10. The lowest BCUT2D eigenvalue weighted by molar-refractivity contribution is 1.00. The second-order valence-corrected chi connectivity index (χ2v) is 5.05. The molecule has 1 aliphatic rings. The van der Waals surface area contributed by atoms with E-state index < -0.39 is 0 Å². The third kappa shape index (κ3) is 2.97. The molecule has 4 rings (SSSR count). The summed E-state index contributed by atoms with van der Waals surface area (Å²) in [5, 5.41) is 0. The zero-order valence-electron chi connectivity index (χ0n) is 11.5. The van der Waals surface area contributed by atoms with E-state index in [1.54, 1.807) is 0 Å². The van der Waals surface area contributed by atoms with Gasteiger partial charge in [0.1, 0.15) is 0 Å². The van der Waals surface area contributed by atoms with Gasteiger partial charge in [-0.15, -0.1) is 0 Å². The molecule has 20 heavy (non-hydrogen) atoms. The van der Waals surface area contributed by atoms with Crippen LogP contribution in [0, 0.1) is 0 Å². The van der Waals surface area contributed by atoms with Crippen LogP contribution in [0.5, 0.6) is 0 Å². The summed E-state index contributed by atoms with van der Waals surface area (Å²) in [6.45, 7) is 0. The maximum Gasteiger partial charge on any atom is -0.00201 e. The van der Waals surface area contributed by atoms with Crippen molar-refractivity contribution in [2.75, 3.05) is 0 Å². The Balaban J connectivity index is 0.000000170. The normalized spacial score (nSPS) is 11.6. The predicted octanol–water partition coefficient (Wildman–Crippen LogP) is 4.87. The van der Waals surface area contributed by atoms with E-state index in [0.29, 0.717) is 0 Å². The van der Waals surface area contributed by atoms with Gasteiger partial charge in [0.25, 0.3) is 0 Å². The van der Waals surface area contributed by atoms with Crippen molar-refractivity contribution in [2.45, 2.75) is 12.8 Å². The summed E-state index contributed by atoms with van der Waals surface area (Å²) >= 11 is 0. The van der Waals surface area contributed by atoms with Crippen LogP contribution >= 0.6 is 0 Å². The first kappa shape index (κ1) is 12.7. The Kier molecular flexibility index (Phi) is 3.93. The van der Waals surface area contributed by atoms with E-state index in [2.05, 4.69) is 48.5 Å². The summed E-state index contributed by atoms with van der Waals surface area (Å²) in [5.41, 5.74) is 5.97. The largest absolute Gasteiger partial charge is 0.0623 e. The van der Waals surface area contributed by atoms with E-state index in [0.717, 1.165) is 12.8 Å². The van der Waals surface area contributed by atoms with Crippen molar-refractivity contribution in [3.05, 3.63) is 107 Å². The molecule has 0 fully saturated rings. The molecule has 0 heterocycles. The molecule has 0 bridgehead atoms. The van der Waals surface area contributed by atoms with Crippen LogP contribution in [-0.2, 0) is 12.8 Å². The highest BCUT2D eigenvalue weighted by atomic mass is 14.2. The SMILES string of the molecule is c1ccc2c(c1)Cc1ccccc1C2.c1ccccc1. The third-order valence-electron chi connectivity index (χ3n) is 3.67. The maximum atomic E-state index is 2.24. The van der Waals surface area contributed by atoms with E-state index in [4.69, 9.17) is 0 Å². The third-order valence-corrected chi connectivity index (χ3v) is 3.67. The lowest BCUT2D eigenvalue weighted by atomic mass is 9.86. The average molecular weight is 258 g/mol. The quantitative estimate of drug-likeness (QED) is 0.422. The predicted molar refractivity (Wildman–Crippen MR) is 84.9 cm³/mol. The first-order chi connectivity index (χ1) is 9.93. The zero-order chi connectivity index (χ0) is 13.6. The highest BCUT2D eigenvalue weighted by molar-refractivity contribution is 5.44. The molecular weight excluding hydrogens is 240 g/mol. The summed E-state index contributed by atoms with van der Waals surface area (Å²) < 4.78 is 0. The van der Waals surface area contributed by atoms with Crippen molar-refractivity contribution >= 4 is 0 Å². The van der Waals surface area contributed by atoms with Crippen LogP contribution in [0.15, 0.2) is 84.9 Å². The molecule has 0 spiro atoms. The molecule has 0 aliphatic heterocycles. The van der Waals surface area contributed by atoms with E-state index in [1.165, 1.54) is 22.3 Å². The Bertz CT molecular complexity index is 554. The molecular formula is C20H18. The molecule has 0 atom stereocenters. The van der Waals surface area contributed by atoms with Gasteiger partial charge in [-0.25, -0.2) is 0 Å². The van der Waals surface area contributed by atoms with E-state index in [-0.39, 0.29) is 0 Å². The minimum Gasteiger partial charge on any atom is -0.0623 e. The molecule has 0 radical (unpaired) electrons. The minimum absolute atomic E-state index is 1.10. The van der Waals surface area contributed by atoms with Crippen LogP contribution in [0.25, 0.3) is 0 Å². The van der Waals surface area contributed by atoms with Crippen LogP contribution in [0.4, 0.5) is 0 Å². The van der Waals surface area contributed by atoms with Gasteiger partial charge in [-0.3, -0.25) is 0 Å². The van der Waals surface area contributed by atoms with Crippen LogP contribution in [-0.4, -0.2) is 0 Å². The topological polar surface area (TPSA) is 0 Å². The van der Waals surface area contributed by atoms with Gasteiger partial charge in [0.05, 0.1) is 0 Å². The Morgan fingerprint density at radius 3 is 0.850 bits per heavy atom. The molecule has 3 aromatic carbocycles. The summed E-state index contributed by atoms with van der Waals surface area (Å²) in [5.74, 6) is 0. The van der Waals surface area contributed by atoms with Crippen molar-refractivity contribution in [1.29, 1.82) is 0 Å². The summed E-state index contributed by atoms with van der Waals surface area (Å²) in [7, 11) is 0. The van der Waals surface area contributed by atoms with E-state index in [1.807, 2.05) is 36.4 Å². The summed E-state index contributed by atoms with van der Waals surface area (Å²) in [4.78, 5) is 0. The molecule has 0 nitrogen and oxygen atoms in total. The molecule has 0 N–H and O–H groups in total. The second-order valence-electron chi connectivity index (χ2n) is 5.05. The standard InChI is InChI=1S/C14H12.C6H6/c1-2-6-12-10-14-8-4-3-7-13(14)9-11(12)5-1;1-2-4-6-5-3-1/h1-8H,9-10H2;1-6H. The first-order valence-electron chi connectivity index (χ1n) is 7.07. The second kappa shape index (κ2) is 6.21. The van der Waals surface area contributed by atoms with Gasteiger partial charge in [-0.05, 0) is 35.1 Å². The molecule has 0 saturated heterocycles. The number of benzene rings is 3. The number of hydrogen-bond donors (Lipinski definition) is 0. The van der Waals surface area contributed by atoms with Crippen molar-refractivity contribution in [2.24, 2.45) is 0 Å². The van der Waals surface area contributed by atoms with Gasteiger partial charge in [0.15, 0.2) is 0 Å². The average Bonchev–Trinajstić information content (AvgIpc) is 2.55. The number of rotatable bonds is 0. The molecule has 0 aromatic heterocycles. The van der Waals surface area contributed by atoms with Crippen molar-refractivity contribution in [1.82, 2.24) is 0 Å². The molecule has 0 heteroatoms. The van der Waals surface area contributed by atoms with Gasteiger partial charge in [-0.2, -0.15) is 0 Å². The summed E-state index contributed by atoms with van der Waals surface area (Å²) in [6, 6.07) is 29.5. The van der Waals surface area contributed by atoms with E-state index >= 15 is 0 Å². The molecule has 0 unspecified atom stereocenters. The van der Waals surface area contributed by atoms with Crippen LogP contribution in [0.2, 0.25) is 0 Å².